The predicted octanol–water partition coefficient (Wildman–Crippen LogP) is 3.36. The molecule has 1 aromatic carbocycles. The molecule has 22 heavy (non-hydrogen) atoms. The van der Waals surface area contributed by atoms with Gasteiger partial charge in [-0.3, -0.25) is 0 Å². The van der Waals surface area contributed by atoms with E-state index in [4.69, 9.17) is 16.3 Å². The van der Waals surface area contributed by atoms with Gasteiger partial charge in [-0.15, -0.1) is 0 Å². The minimum atomic E-state index is -0.314. The summed E-state index contributed by atoms with van der Waals surface area (Å²) in [5, 5.41) is 13.1. The highest BCUT2D eigenvalue weighted by molar-refractivity contribution is 6.30. The summed E-state index contributed by atoms with van der Waals surface area (Å²) < 4.78 is 5.50. The summed E-state index contributed by atoms with van der Waals surface area (Å²) in [6.45, 7) is 5.50. The zero-order valence-corrected chi connectivity index (χ0v) is 13.8. The van der Waals surface area contributed by atoms with Crippen LogP contribution in [0.3, 0.4) is 0 Å². The van der Waals surface area contributed by atoms with Crippen LogP contribution in [0.5, 0.6) is 5.75 Å². The van der Waals surface area contributed by atoms with Crippen LogP contribution in [0, 0.1) is 5.92 Å². The fourth-order valence-electron chi connectivity index (χ4n) is 2.65. The van der Waals surface area contributed by atoms with Crippen molar-refractivity contribution >= 4 is 23.3 Å². The first kappa shape index (κ1) is 16.9. The van der Waals surface area contributed by atoms with Crippen molar-refractivity contribution in [2.75, 3.05) is 25.0 Å². The number of nitrogens with one attached hydrogen (secondary N) is 1. The number of aliphatic hydroxyl groups is 1. The molecule has 0 aliphatic carbocycles. The topological polar surface area (TPSA) is 61.8 Å². The summed E-state index contributed by atoms with van der Waals surface area (Å²) >= 11 is 5.96. The zero-order valence-electron chi connectivity index (χ0n) is 13.0. The molecular formula is C16H23ClN2O3. The van der Waals surface area contributed by atoms with Crippen LogP contribution in [0.1, 0.15) is 26.7 Å². The molecule has 0 bridgehead atoms. The van der Waals surface area contributed by atoms with E-state index >= 15 is 0 Å². The third-order valence-electron chi connectivity index (χ3n) is 3.99. The maximum atomic E-state index is 12.3. The van der Waals surface area contributed by atoms with Crippen molar-refractivity contribution in [2.45, 2.75) is 32.8 Å². The molecule has 1 aromatic rings. The number of hydrogen-bond donors (Lipinski definition) is 2. The van der Waals surface area contributed by atoms with Crippen LogP contribution in [0.2, 0.25) is 5.02 Å². The van der Waals surface area contributed by atoms with Crippen molar-refractivity contribution in [2.24, 2.45) is 5.92 Å². The number of rotatable bonds is 4. The van der Waals surface area contributed by atoms with Gasteiger partial charge in [0, 0.05) is 24.2 Å². The van der Waals surface area contributed by atoms with Gasteiger partial charge in [0.2, 0.25) is 0 Å². The molecule has 5 nitrogen and oxygen atoms in total. The summed E-state index contributed by atoms with van der Waals surface area (Å²) in [5.74, 6) is 0.848. The molecule has 1 aliphatic rings. The lowest BCUT2D eigenvalue weighted by Crippen LogP contribution is -2.42. The van der Waals surface area contributed by atoms with Gasteiger partial charge in [0.1, 0.15) is 5.75 Å². The number of ether oxygens (including phenoxy) is 1. The number of piperidine rings is 1. The van der Waals surface area contributed by atoms with E-state index in [1.165, 1.54) is 0 Å². The van der Waals surface area contributed by atoms with E-state index in [1.54, 1.807) is 23.1 Å². The molecule has 1 heterocycles. The average Bonchev–Trinajstić information content (AvgIpc) is 2.50. The van der Waals surface area contributed by atoms with Crippen LogP contribution in [-0.2, 0) is 0 Å². The van der Waals surface area contributed by atoms with Gasteiger partial charge in [-0.05, 0) is 44.7 Å². The Hall–Kier alpha value is -1.46. The van der Waals surface area contributed by atoms with E-state index in [0.29, 0.717) is 36.2 Å². The largest absolute Gasteiger partial charge is 0.492 e. The van der Waals surface area contributed by atoms with Crippen LogP contribution in [0.25, 0.3) is 0 Å². The molecule has 0 saturated carbocycles. The highest BCUT2D eigenvalue weighted by Crippen LogP contribution is 2.29. The van der Waals surface area contributed by atoms with Gasteiger partial charge in [-0.25, -0.2) is 4.79 Å². The highest BCUT2D eigenvalue weighted by Gasteiger charge is 2.25. The fourth-order valence-corrected chi connectivity index (χ4v) is 2.82. The number of amides is 2. The van der Waals surface area contributed by atoms with Gasteiger partial charge in [-0.1, -0.05) is 11.6 Å². The lowest BCUT2D eigenvalue weighted by molar-refractivity contribution is 0.0820. The third-order valence-corrected chi connectivity index (χ3v) is 4.23. The second-order valence-electron chi connectivity index (χ2n) is 5.57. The summed E-state index contributed by atoms with van der Waals surface area (Å²) in [4.78, 5) is 14.1. The van der Waals surface area contributed by atoms with E-state index in [9.17, 15) is 9.90 Å². The molecule has 0 aromatic heterocycles. The molecule has 2 N–H and O–H groups in total. The maximum Gasteiger partial charge on any atom is 0.321 e. The zero-order chi connectivity index (χ0) is 16.1. The van der Waals surface area contributed by atoms with E-state index in [2.05, 4.69) is 5.32 Å². The summed E-state index contributed by atoms with van der Waals surface area (Å²) in [6, 6.07) is 5.01. The van der Waals surface area contributed by atoms with Gasteiger partial charge in [0.25, 0.3) is 0 Å². The lowest BCUT2D eigenvalue weighted by Gasteiger charge is -2.33. The molecule has 122 valence electrons. The molecule has 0 spiro atoms. The van der Waals surface area contributed by atoms with Crippen molar-refractivity contribution in [1.82, 2.24) is 4.90 Å². The Kier molecular flexibility index (Phi) is 5.91. The first-order valence-electron chi connectivity index (χ1n) is 7.67. The van der Waals surface area contributed by atoms with Crippen LogP contribution < -0.4 is 10.1 Å². The molecule has 1 fully saturated rings. The smallest absolute Gasteiger partial charge is 0.321 e. The molecule has 6 heteroatoms. The SMILES string of the molecule is CCOc1cc(Cl)ccc1NC(=O)N1CCC(C(C)O)CC1. The number of hydrogen-bond acceptors (Lipinski definition) is 3. The Balaban J connectivity index is 1.98. The number of anilines is 1. The van der Waals surface area contributed by atoms with Gasteiger partial charge in [-0.2, -0.15) is 0 Å². The Morgan fingerprint density at radius 2 is 2.18 bits per heavy atom. The number of likely N-dealkylation sites (tertiary alicyclic amines) is 1. The Bertz CT molecular complexity index is 514. The van der Waals surface area contributed by atoms with E-state index in [-0.39, 0.29) is 18.1 Å². The highest BCUT2D eigenvalue weighted by atomic mass is 35.5. The minimum Gasteiger partial charge on any atom is -0.492 e. The molecular weight excluding hydrogens is 304 g/mol. The second kappa shape index (κ2) is 7.70. The van der Waals surface area contributed by atoms with Gasteiger partial charge >= 0.3 is 6.03 Å². The van der Waals surface area contributed by atoms with Crippen molar-refractivity contribution < 1.29 is 14.6 Å². The van der Waals surface area contributed by atoms with E-state index in [1.807, 2.05) is 13.8 Å². The average molecular weight is 327 g/mol. The summed E-state index contributed by atoms with van der Waals surface area (Å²) in [7, 11) is 0. The number of halogens is 1. The molecule has 1 saturated heterocycles. The van der Waals surface area contributed by atoms with Crippen molar-refractivity contribution in [3.05, 3.63) is 23.2 Å². The minimum absolute atomic E-state index is 0.146. The van der Waals surface area contributed by atoms with Crippen molar-refractivity contribution in [3.8, 4) is 5.75 Å². The monoisotopic (exact) mass is 326 g/mol. The van der Waals surface area contributed by atoms with Crippen molar-refractivity contribution in [3.63, 3.8) is 0 Å². The summed E-state index contributed by atoms with van der Waals surface area (Å²) in [6.07, 6.45) is 1.33. The Morgan fingerprint density at radius 3 is 2.77 bits per heavy atom. The number of carbonyl (C=O) groups excluding carboxylic acids is 1. The quantitative estimate of drug-likeness (QED) is 0.891. The molecule has 2 rings (SSSR count). The lowest BCUT2D eigenvalue weighted by atomic mass is 9.92. The Labute approximate surface area is 136 Å². The first-order chi connectivity index (χ1) is 10.5. The molecule has 1 aliphatic heterocycles. The number of aliphatic hydroxyl groups excluding tert-OH is 1. The van der Waals surface area contributed by atoms with Gasteiger partial charge in [0.15, 0.2) is 0 Å². The van der Waals surface area contributed by atoms with Crippen molar-refractivity contribution in [1.29, 1.82) is 0 Å². The standard InChI is InChI=1S/C16H23ClN2O3/c1-3-22-15-10-13(17)4-5-14(15)18-16(21)19-8-6-12(7-9-19)11(2)20/h4-5,10-12,20H,3,6-9H2,1-2H3,(H,18,21). The third kappa shape index (κ3) is 4.27. The van der Waals surface area contributed by atoms with Gasteiger partial charge < -0.3 is 20.1 Å². The summed E-state index contributed by atoms with van der Waals surface area (Å²) in [5.41, 5.74) is 0.619. The molecule has 1 atom stereocenters. The fraction of sp³-hybridized carbons (Fsp3) is 0.562. The first-order valence-corrected chi connectivity index (χ1v) is 8.05. The second-order valence-corrected chi connectivity index (χ2v) is 6.01. The van der Waals surface area contributed by atoms with Crippen LogP contribution in [0.4, 0.5) is 10.5 Å². The number of benzene rings is 1. The number of urea groups is 1. The molecule has 1 unspecified atom stereocenters. The molecule has 2 amide bonds. The van der Waals surface area contributed by atoms with Crippen LogP contribution in [0.15, 0.2) is 18.2 Å². The Morgan fingerprint density at radius 1 is 1.50 bits per heavy atom. The maximum absolute atomic E-state index is 12.3. The predicted molar refractivity (Wildman–Crippen MR) is 87.6 cm³/mol. The van der Waals surface area contributed by atoms with Crippen LogP contribution in [-0.4, -0.2) is 41.8 Å². The van der Waals surface area contributed by atoms with Gasteiger partial charge in [0.05, 0.1) is 18.4 Å². The normalized spacial score (nSPS) is 17.2. The van der Waals surface area contributed by atoms with E-state index in [0.717, 1.165) is 12.8 Å². The number of nitrogens with zero attached hydrogens (tertiary/aromatic N) is 1. The van der Waals surface area contributed by atoms with E-state index < -0.39 is 0 Å². The molecule has 0 radical (unpaired) electrons. The van der Waals surface area contributed by atoms with Crippen LogP contribution >= 0.6 is 11.6 Å². The number of carbonyl (C=O) groups is 1.